The third-order valence-corrected chi connectivity index (χ3v) is 2.68. The molecule has 0 spiro atoms. The lowest BCUT2D eigenvalue weighted by atomic mass is 10.1. The Morgan fingerprint density at radius 2 is 2.31 bits per heavy atom. The quantitative estimate of drug-likeness (QED) is 0.816. The summed E-state index contributed by atoms with van der Waals surface area (Å²) in [5.41, 5.74) is -0.562. The maximum absolute atomic E-state index is 5.54. The first kappa shape index (κ1) is 11.5. The van der Waals surface area contributed by atoms with Gasteiger partial charge in [0.25, 0.3) is 5.89 Å². The van der Waals surface area contributed by atoms with E-state index in [0.717, 1.165) is 6.54 Å². The average Bonchev–Trinajstić information content (AvgIpc) is 2.80. The molecule has 1 aliphatic rings. The maximum Gasteiger partial charge on any atom is 0.258 e. The predicted octanol–water partition coefficient (Wildman–Crippen LogP) is 0.612. The summed E-state index contributed by atoms with van der Waals surface area (Å²) in [5, 5.41) is 7.14. The van der Waals surface area contributed by atoms with Crippen molar-refractivity contribution in [2.24, 2.45) is 0 Å². The fraction of sp³-hybridized carbons (Fsp3) is 0.800. The van der Waals surface area contributed by atoms with Gasteiger partial charge in [-0.25, -0.2) is 0 Å². The van der Waals surface area contributed by atoms with Crippen molar-refractivity contribution in [3.05, 3.63) is 11.7 Å². The van der Waals surface area contributed by atoms with Crippen LogP contribution in [0.15, 0.2) is 4.52 Å². The van der Waals surface area contributed by atoms with E-state index in [9.17, 15) is 0 Å². The van der Waals surface area contributed by atoms with Gasteiger partial charge in [-0.1, -0.05) is 5.16 Å². The number of morpholine rings is 1. The van der Waals surface area contributed by atoms with Crippen LogP contribution in [-0.2, 0) is 15.1 Å². The predicted molar refractivity (Wildman–Crippen MR) is 55.9 cm³/mol. The van der Waals surface area contributed by atoms with Crippen LogP contribution >= 0.6 is 0 Å². The van der Waals surface area contributed by atoms with Crippen molar-refractivity contribution in [2.75, 3.05) is 26.8 Å². The fourth-order valence-electron chi connectivity index (χ4n) is 1.43. The fourth-order valence-corrected chi connectivity index (χ4v) is 1.43. The van der Waals surface area contributed by atoms with Crippen LogP contribution in [0.4, 0.5) is 0 Å². The molecule has 1 unspecified atom stereocenters. The molecule has 0 saturated carbocycles. The molecule has 2 rings (SSSR count). The molecule has 1 atom stereocenters. The van der Waals surface area contributed by atoms with E-state index in [1.807, 2.05) is 13.8 Å². The lowest BCUT2D eigenvalue weighted by Gasteiger charge is -2.20. The lowest BCUT2D eigenvalue weighted by Crippen LogP contribution is -2.34. The molecule has 0 aliphatic carbocycles. The topological polar surface area (TPSA) is 69.4 Å². The molecule has 1 saturated heterocycles. The van der Waals surface area contributed by atoms with Crippen LogP contribution in [0, 0.1) is 0 Å². The Morgan fingerprint density at radius 3 is 2.94 bits per heavy atom. The summed E-state index contributed by atoms with van der Waals surface area (Å²) in [7, 11) is 1.61. The second kappa shape index (κ2) is 4.48. The summed E-state index contributed by atoms with van der Waals surface area (Å²) in [6, 6.07) is 0. The van der Waals surface area contributed by atoms with Crippen LogP contribution in [0.5, 0.6) is 0 Å². The molecule has 0 bridgehead atoms. The number of methoxy groups -OCH3 is 1. The monoisotopic (exact) mass is 227 g/mol. The van der Waals surface area contributed by atoms with Gasteiger partial charge in [0, 0.05) is 20.2 Å². The summed E-state index contributed by atoms with van der Waals surface area (Å²) < 4.78 is 16.0. The highest BCUT2D eigenvalue weighted by molar-refractivity contribution is 4.99. The van der Waals surface area contributed by atoms with Crippen molar-refractivity contribution in [2.45, 2.75) is 25.6 Å². The average molecular weight is 227 g/mol. The zero-order valence-corrected chi connectivity index (χ0v) is 9.82. The van der Waals surface area contributed by atoms with E-state index in [4.69, 9.17) is 14.0 Å². The van der Waals surface area contributed by atoms with Gasteiger partial charge in [0.2, 0.25) is 5.82 Å². The van der Waals surface area contributed by atoms with Crippen LogP contribution in [0.1, 0.15) is 31.7 Å². The van der Waals surface area contributed by atoms with Crippen LogP contribution in [0.2, 0.25) is 0 Å². The molecule has 0 amide bonds. The zero-order chi connectivity index (χ0) is 11.6. The van der Waals surface area contributed by atoms with Crippen molar-refractivity contribution in [1.82, 2.24) is 15.5 Å². The number of hydrogen-bond acceptors (Lipinski definition) is 6. The second-order valence-corrected chi connectivity index (χ2v) is 4.24. The van der Waals surface area contributed by atoms with E-state index in [1.54, 1.807) is 7.11 Å². The number of hydrogen-bond donors (Lipinski definition) is 1. The molecule has 0 aromatic carbocycles. The SMILES string of the molecule is COC(C)(C)c1nc(C2CNCCO2)no1. The van der Waals surface area contributed by atoms with E-state index in [0.29, 0.717) is 24.9 Å². The van der Waals surface area contributed by atoms with Crippen LogP contribution < -0.4 is 5.32 Å². The van der Waals surface area contributed by atoms with E-state index in [2.05, 4.69) is 15.5 Å². The Kier molecular flexibility index (Phi) is 3.22. The molecule has 90 valence electrons. The third-order valence-electron chi connectivity index (χ3n) is 2.68. The van der Waals surface area contributed by atoms with Gasteiger partial charge in [0.15, 0.2) is 0 Å². The van der Waals surface area contributed by atoms with Crippen molar-refractivity contribution < 1.29 is 14.0 Å². The minimum atomic E-state index is -0.562. The molecule has 1 fully saturated rings. The maximum atomic E-state index is 5.54. The van der Waals surface area contributed by atoms with Crippen LogP contribution in [0.3, 0.4) is 0 Å². The molecule has 6 nitrogen and oxygen atoms in total. The minimum Gasteiger partial charge on any atom is -0.369 e. The van der Waals surface area contributed by atoms with Gasteiger partial charge in [-0.2, -0.15) is 4.98 Å². The molecule has 2 heterocycles. The minimum absolute atomic E-state index is 0.126. The van der Waals surface area contributed by atoms with Gasteiger partial charge >= 0.3 is 0 Å². The second-order valence-electron chi connectivity index (χ2n) is 4.24. The summed E-state index contributed by atoms with van der Waals surface area (Å²) >= 11 is 0. The largest absolute Gasteiger partial charge is 0.369 e. The van der Waals surface area contributed by atoms with E-state index < -0.39 is 5.60 Å². The van der Waals surface area contributed by atoms with Crippen molar-refractivity contribution >= 4 is 0 Å². The summed E-state index contributed by atoms with van der Waals surface area (Å²) in [4.78, 5) is 4.31. The molecular weight excluding hydrogens is 210 g/mol. The van der Waals surface area contributed by atoms with Crippen molar-refractivity contribution in [3.8, 4) is 0 Å². The Balaban J connectivity index is 2.12. The molecule has 0 radical (unpaired) electrons. The number of ether oxygens (including phenoxy) is 2. The molecule has 6 heteroatoms. The number of rotatable bonds is 3. The highest BCUT2D eigenvalue weighted by Gasteiger charge is 2.29. The molecule has 1 aromatic heterocycles. The van der Waals surface area contributed by atoms with Gasteiger partial charge in [-0.3, -0.25) is 0 Å². The first-order valence-corrected chi connectivity index (χ1v) is 5.35. The normalized spacial score (nSPS) is 22.3. The summed E-state index contributed by atoms with van der Waals surface area (Å²) in [5.74, 6) is 1.05. The van der Waals surface area contributed by atoms with Gasteiger partial charge in [-0.05, 0) is 13.8 Å². The Bertz CT molecular complexity index is 345. The molecule has 16 heavy (non-hydrogen) atoms. The summed E-state index contributed by atoms with van der Waals surface area (Å²) in [6.07, 6.45) is -0.126. The van der Waals surface area contributed by atoms with Gasteiger partial charge in [-0.15, -0.1) is 0 Å². The first-order chi connectivity index (χ1) is 7.63. The highest BCUT2D eigenvalue weighted by Crippen LogP contribution is 2.24. The Morgan fingerprint density at radius 1 is 1.50 bits per heavy atom. The van der Waals surface area contributed by atoms with E-state index in [-0.39, 0.29) is 6.10 Å². The first-order valence-electron chi connectivity index (χ1n) is 5.35. The van der Waals surface area contributed by atoms with Crippen LogP contribution in [0.25, 0.3) is 0 Å². The standard InChI is InChI=1S/C10H17N3O3/c1-10(2,14-3)9-12-8(13-16-9)7-6-11-4-5-15-7/h7,11H,4-6H2,1-3H3. The number of nitrogens with zero attached hydrogens (tertiary/aromatic N) is 2. The van der Waals surface area contributed by atoms with Gasteiger partial charge in [0.1, 0.15) is 11.7 Å². The van der Waals surface area contributed by atoms with Crippen molar-refractivity contribution in [1.29, 1.82) is 0 Å². The summed E-state index contributed by atoms with van der Waals surface area (Å²) in [6.45, 7) is 6.01. The molecule has 1 aromatic rings. The Labute approximate surface area is 94.3 Å². The lowest BCUT2D eigenvalue weighted by molar-refractivity contribution is -0.00787. The smallest absolute Gasteiger partial charge is 0.258 e. The number of nitrogens with one attached hydrogen (secondary N) is 1. The van der Waals surface area contributed by atoms with Gasteiger partial charge in [0.05, 0.1) is 6.61 Å². The van der Waals surface area contributed by atoms with Gasteiger partial charge < -0.3 is 19.3 Å². The zero-order valence-electron chi connectivity index (χ0n) is 9.82. The highest BCUT2D eigenvalue weighted by atomic mass is 16.5. The molecule has 1 N–H and O–H groups in total. The number of aromatic nitrogens is 2. The van der Waals surface area contributed by atoms with Crippen LogP contribution in [-0.4, -0.2) is 36.9 Å². The molecular formula is C10H17N3O3. The molecule has 1 aliphatic heterocycles. The Hall–Kier alpha value is -0.980. The third kappa shape index (κ3) is 2.23. The van der Waals surface area contributed by atoms with E-state index >= 15 is 0 Å². The van der Waals surface area contributed by atoms with E-state index in [1.165, 1.54) is 0 Å². The van der Waals surface area contributed by atoms with Crippen molar-refractivity contribution in [3.63, 3.8) is 0 Å².